The highest BCUT2D eigenvalue weighted by atomic mass is 32.2. The number of carbonyl (C=O) groups excluding carboxylic acids is 1. The Morgan fingerprint density at radius 2 is 1.52 bits per heavy atom. The van der Waals surface area contributed by atoms with Crippen molar-refractivity contribution in [3.8, 4) is 0 Å². The molecule has 2 aliphatic heterocycles. The molecule has 2 heterocycles. The summed E-state index contributed by atoms with van der Waals surface area (Å²) in [6, 6.07) is 19.1. The van der Waals surface area contributed by atoms with Crippen LogP contribution in [-0.2, 0) is 26.1 Å². The van der Waals surface area contributed by atoms with E-state index in [-0.39, 0.29) is 29.6 Å². The molecule has 9 rings (SSSR count). The number of hydrogen-bond donors (Lipinski definition) is 1. The minimum Gasteiger partial charge on any atom is -0.393 e. The number of thioether (sulfide) groups is 1. The predicted octanol–water partition coefficient (Wildman–Crippen LogP) is 9.25. The minimum atomic E-state index is -5.97. The SMILES string of the molecule is CC1(C)CCC(C23CC(C)(C2)C3)=C(CN2CCN(c3ccc(C(=O)CS(=O)(=O)c4ccc(C[C@H](CCN5CCC(O)CC5)CSc5ccccc5)c(S(=O)(=O)C(F)(F)F)c4)cc3)CC2)C1. The van der Waals surface area contributed by atoms with Crippen molar-refractivity contribution in [3.63, 3.8) is 0 Å². The van der Waals surface area contributed by atoms with Crippen LogP contribution in [0.25, 0.3) is 0 Å². The Hall–Kier alpha value is -3.21. The van der Waals surface area contributed by atoms with Crippen molar-refractivity contribution in [1.29, 1.82) is 0 Å². The number of nitrogens with zero attached hydrogens (tertiary/aromatic N) is 3. The van der Waals surface area contributed by atoms with Crippen LogP contribution in [0.1, 0.15) is 94.5 Å². The highest BCUT2D eigenvalue weighted by molar-refractivity contribution is 7.99. The van der Waals surface area contributed by atoms with Gasteiger partial charge in [0.25, 0.3) is 9.84 Å². The van der Waals surface area contributed by atoms with E-state index >= 15 is 0 Å². The lowest BCUT2D eigenvalue weighted by Crippen LogP contribution is -2.61. The molecule has 2 bridgehead atoms. The number of aliphatic hydroxyl groups excluding tert-OH is 1. The summed E-state index contributed by atoms with van der Waals surface area (Å²) in [7, 11) is -10.5. The molecule has 1 N–H and O–H groups in total. The van der Waals surface area contributed by atoms with Crippen LogP contribution in [0.15, 0.2) is 98.6 Å². The molecule has 1 atom stereocenters. The van der Waals surface area contributed by atoms with Crippen LogP contribution in [0.5, 0.6) is 0 Å². The van der Waals surface area contributed by atoms with Crippen LogP contribution in [0.2, 0.25) is 0 Å². The van der Waals surface area contributed by atoms with Gasteiger partial charge in [-0.25, -0.2) is 16.8 Å². The van der Waals surface area contributed by atoms with Gasteiger partial charge in [-0.05, 0) is 147 Å². The number of alkyl halides is 3. The van der Waals surface area contributed by atoms with Crippen molar-refractivity contribution in [2.24, 2.45) is 22.2 Å². The molecule has 3 saturated carbocycles. The number of rotatable bonds is 17. The number of piperidine rings is 1. The molecule has 2 saturated heterocycles. The normalized spacial score (nSPS) is 24.9. The molecule has 354 valence electrons. The molecule has 0 radical (unpaired) electrons. The molecule has 0 aromatic heterocycles. The summed E-state index contributed by atoms with van der Waals surface area (Å²) in [6.07, 6.45) is 9.07. The lowest BCUT2D eigenvalue weighted by atomic mass is 9.33. The van der Waals surface area contributed by atoms with Crippen molar-refractivity contribution >= 4 is 42.9 Å². The van der Waals surface area contributed by atoms with E-state index < -0.39 is 46.5 Å². The molecule has 15 heteroatoms. The highest BCUT2D eigenvalue weighted by Gasteiger charge is 2.66. The van der Waals surface area contributed by atoms with Gasteiger partial charge in [-0.3, -0.25) is 9.69 Å². The first-order chi connectivity index (χ1) is 30.6. The van der Waals surface area contributed by atoms with Crippen molar-refractivity contribution in [2.75, 3.05) is 68.8 Å². The molecule has 0 amide bonds. The second kappa shape index (κ2) is 18.7. The largest absolute Gasteiger partial charge is 0.501 e. The van der Waals surface area contributed by atoms with Gasteiger partial charge >= 0.3 is 5.51 Å². The first kappa shape index (κ1) is 48.3. The van der Waals surface area contributed by atoms with E-state index in [0.29, 0.717) is 67.0 Å². The van der Waals surface area contributed by atoms with Gasteiger partial charge in [0.1, 0.15) is 5.75 Å². The average Bonchev–Trinajstić information content (AvgIpc) is 3.24. The Bertz CT molecular complexity index is 2440. The fourth-order valence-corrected chi connectivity index (χ4v) is 14.9. The van der Waals surface area contributed by atoms with Crippen molar-refractivity contribution < 1.29 is 39.9 Å². The third-order valence-corrected chi connectivity index (χ3v) is 19.3. The summed E-state index contributed by atoms with van der Waals surface area (Å²) in [5, 5.41) is 9.96. The molecular formula is C50H64F3N3O6S3. The maximum absolute atomic E-state index is 14.2. The third kappa shape index (κ3) is 10.9. The van der Waals surface area contributed by atoms with E-state index in [1.54, 1.807) is 35.4 Å². The Morgan fingerprint density at radius 3 is 2.15 bits per heavy atom. The second-order valence-corrected chi connectivity index (χ2v) is 25.8. The summed E-state index contributed by atoms with van der Waals surface area (Å²) in [6.45, 7) is 13.6. The van der Waals surface area contributed by atoms with E-state index in [2.05, 4.69) is 35.5 Å². The molecule has 4 aliphatic carbocycles. The van der Waals surface area contributed by atoms with E-state index in [1.807, 2.05) is 30.3 Å². The maximum Gasteiger partial charge on any atom is 0.501 e. The van der Waals surface area contributed by atoms with Gasteiger partial charge in [0, 0.05) is 67.7 Å². The Labute approximate surface area is 388 Å². The fourth-order valence-electron chi connectivity index (χ4n) is 11.5. The van der Waals surface area contributed by atoms with Gasteiger partial charge in [0.15, 0.2) is 15.6 Å². The van der Waals surface area contributed by atoms with Crippen molar-refractivity contribution in [3.05, 3.63) is 95.1 Å². The lowest BCUT2D eigenvalue weighted by molar-refractivity contribution is -0.166. The van der Waals surface area contributed by atoms with Gasteiger partial charge < -0.3 is 14.9 Å². The molecule has 6 aliphatic rings. The van der Waals surface area contributed by atoms with Crippen molar-refractivity contribution in [2.45, 2.75) is 111 Å². The lowest BCUT2D eigenvalue weighted by Gasteiger charge is -2.72. The van der Waals surface area contributed by atoms with Gasteiger partial charge in [0.2, 0.25) is 0 Å². The number of likely N-dealkylation sites (tertiary alicyclic amines) is 1. The summed E-state index contributed by atoms with van der Waals surface area (Å²) >= 11 is 1.51. The monoisotopic (exact) mass is 955 g/mol. The molecule has 9 nitrogen and oxygen atoms in total. The molecule has 65 heavy (non-hydrogen) atoms. The molecule has 0 unspecified atom stereocenters. The Morgan fingerprint density at radius 1 is 0.862 bits per heavy atom. The number of sulfone groups is 2. The summed E-state index contributed by atoms with van der Waals surface area (Å²) in [5.41, 5.74) is 0.0180. The second-order valence-electron chi connectivity index (χ2n) is 20.8. The molecular weight excluding hydrogens is 892 g/mol. The predicted molar refractivity (Wildman–Crippen MR) is 251 cm³/mol. The van der Waals surface area contributed by atoms with Crippen molar-refractivity contribution in [1.82, 2.24) is 9.80 Å². The van der Waals surface area contributed by atoms with Crippen LogP contribution in [0, 0.1) is 22.2 Å². The zero-order valence-corrected chi connectivity index (χ0v) is 40.4. The summed E-state index contributed by atoms with van der Waals surface area (Å²) in [4.78, 5) is 19.7. The topological polar surface area (TPSA) is 115 Å². The number of benzene rings is 3. The third-order valence-electron chi connectivity index (χ3n) is 14.9. The Kier molecular flexibility index (Phi) is 13.9. The molecule has 3 aromatic carbocycles. The van der Waals surface area contributed by atoms with E-state index in [4.69, 9.17) is 0 Å². The quantitative estimate of drug-likeness (QED) is 0.0798. The number of halogens is 3. The first-order valence-corrected chi connectivity index (χ1v) is 27.3. The van der Waals surface area contributed by atoms with Gasteiger partial charge in [-0.2, -0.15) is 13.2 Å². The Balaban J connectivity index is 0.924. The van der Waals surface area contributed by atoms with E-state index in [9.17, 15) is 39.9 Å². The number of anilines is 1. The van der Waals surface area contributed by atoms with Crippen LogP contribution >= 0.6 is 11.8 Å². The number of carbonyl (C=O) groups is 1. The average molecular weight is 956 g/mol. The number of hydrogen-bond acceptors (Lipinski definition) is 10. The number of aliphatic hydroxyl groups is 1. The van der Waals surface area contributed by atoms with Gasteiger partial charge in [0.05, 0.1) is 15.9 Å². The zero-order valence-electron chi connectivity index (χ0n) is 37.9. The minimum absolute atomic E-state index is 0.0425. The van der Waals surface area contributed by atoms with E-state index in [1.165, 1.54) is 43.9 Å². The molecule has 0 spiro atoms. The fraction of sp³-hybridized carbons (Fsp3) is 0.580. The number of piperazine rings is 1. The smallest absolute Gasteiger partial charge is 0.393 e. The standard InChI is InChI=1S/C50H64F3N3O6S3/c1-47(2)19-15-44(49-33-48(3,34-49)35-49)39(29-47)30-55-23-25-56(26-24-55)40-12-9-37(10-13-40)45(58)32-64(59,60)43-14-11-38(46(28-43)65(61,62)50(51,52)53)27-36(31-63-42-7-5-4-6-8-42)16-20-54-21-17-41(57)18-22-54/h4-14,28,36,41,57H,15-27,29-35H2,1-3H3/t36-,48?,49?/m0/s1. The summed E-state index contributed by atoms with van der Waals surface area (Å²) in [5.74, 6) is -1.57. The zero-order chi connectivity index (χ0) is 46.4. The highest BCUT2D eigenvalue weighted by Crippen LogP contribution is 2.77. The number of allylic oxidation sites excluding steroid dienone is 1. The maximum atomic E-state index is 14.2. The molecule has 3 aromatic rings. The summed E-state index contributed by atoms with van der Waals surface area (Å²) < 4.78 is 96.5. The van der Waals surface area contributed by atoms with Gasteiger partial charge in [-0.1, -0.05) is 56.2 Å². The number of Topliss-reactive ketones (excluding diaryl/α,β-unsaturated/α-hetero) is 1. The van der Waals surface area contributed by atoms with Gasteiger partial charge in [-0.15, -0.1) is 11.8 Å². The van der Waals surface area contributed by atoms with Crippen LogP contribution in [-0.4, -0.2) is 113 Å². The first-order valence-electron chi connectivity index (χ1n) is 23.2. The van der Waals surface area contributed by atoms with E-state index in [0.717, 1.165) is 61.9 Å². The van der Waals surface area contributed by atoms with Crippen LogP contribution < -0.4 is 4.90 Å². The number of ketones is 1. The van der Waals surface area contributed by atoms with Crippen LogP contribution in [0.4, 0.5) is 18.9 Å². The van der Waals surface area contributed by atoms with Crippen LogP contribution in [0.3, 0.4) is 0 Å². The molecule has 5 fully saturated rings.